The minimum atomic E-state index is -0.125. The molecule has 1 fully saturated rings. The van der Waals surface area contributed by atoms with Crippen molar-refractivity contribution < 1.29 is 5.11 Å². The lowest BCUT2D eigenvalue weighted by molar-refractivity contribution is 0.168. The highest BCUT2D eigenvalue weighted by molar-refractivity contribution is 4.69. The summed E-state index contributed by atoms with van der Waals surface area (Å²) >= 11 is 0. The lowest BCUT2D eigenvalue weighted by Crippen LogP contribution is -2.03. The quantitative estimate of drug-likeness (QED) is 0.745. The van der Waals surface area contributed by atoms with E-state index in [4.69, 9.17) is 5.11 Å². The Bertz CT molecular complexity index is 126. The first-order chi connectivity index (χ1) is 6.93. The molecule has 0 saturated heterocycles. The van der Waals surface area contributed by atoms with E-state index in [9.17, 15) is 0 Å². The average molecular weight is 214 g/mol. The van der Waals surface area contributed by atoms with Crippen LogP contribution in [0, 0.1) is 17.8 Å². The SMILES string of the molecule is CC(C)C1CCCC1.CC(C)C[C@H](C)O. The molecule has 0 radical (unpaired) electrons. The molecule has 0 bridgehead atoms. The van der Waals surface area contributed by atoms with Crippen molar-refractivity contribution in [3.05, 3.63) is 0 Å². The van der Waals surface area contributed by atoms with Gasteiger partial charge in [-0.05, 0) is 31.1 Å². The third kappa shape index (κ3) is 8.92. The van der Waals surface area contributed by atoms with Gasteiger partial charge in [0.15, 0.2) is 0 Å². The fourth-order valence-corrected chi connectivity index (χ4v) is 2.31. The molecule has 0 heterocycles. The van der Waals surface area contributed by atoms with Crippen LogP contribution in [0.5, 0.6) is 0 Å². The normalized spacial score (nSPS) is 19.2. The summed E-state index contributed by atoms with van der Waals surface area (Å²) in [6.45, 7) is 10.7. The van der Waals surface area contributed by atoms with Crippen molar-refractivity contribution in [1.82, 2.24) is 0 Å². The lowest BCUT2D eigenvalue weighted by Gasteiger charge is -2.11. The summed E-state index contributed by atoms with van der Waals surface area (Å²) in [6.07, 6.45) is 6.76. The van der Waals surface area contributed by atoms with Crippen molar-refractivity contribution in [1.29, 1.82) is 0 Å². The van der Waals surface area contributed by atoms with Crippen molar-refractivity contribution in [2.75, 3.05) is 0 Å². The van der Waals surface area contributed by atoms with Crippen LogP contribution in [0.2, 0.25) is 0 Å². The van der Waals surface area contributed by atoms with Crippen molar-refractivity contribution in [2.24, 2.45) is 17.8 Å². The van der Waals surface area contributed by atoms with Crippen molar-refractivity contribution in [2.45, 2.75) is 72.8 Å². The zero-order valence-electron chi connectivity index (χ0n) is 11.3. The summed E-state index contributed by atoms with van der Waals surface area (Å²) in [4.78, 5) is 0. The third-order valence-electron chi connectivity index (χ3n) is 3.16. The van der Waals surface area contributed by atoms with E-state index in [-0.39, 0.29) is 6.10 Å². The van der Waals surface area contributed by atoms with Crippen LogP contribution in [0.1, 0.15) is 66.7 Å². The van der Waals surface area contributed by atoms with E-state index in [1.165, 1.54) is 25.7 Å². The Morgan fingerprint density at radius 2 is 1.47 bits per heavy atom. The van der Waals surface area contributed by atoms with Gasteiger partial charge in [0.05, 0.1) is 6.10 Å². The molecular formula is C14H30O. The van der Waals surface area contributed by atoms with Crippen LogP contribution in [-0.2, 0) is 0 Å². The Morgan fingerprint density at radius 3 is 1.60 bits per heavy atom. The number of aliphatic hydroxyl groups is 1. The Kier molecular flexibility index (Phi) is 8.13. The Hall–Kier alpha value is -0.0400. The van der Waals surface area contributed by atoms with Gasteiger partial charge in [-0.2, -0.15) is 0 Å². The summed E-state index contributed by atoms with van der Waals surface area (Å²) in [5.74, 6) is 2.63. The zero-order valence-corrected chi connectivity index (χ0v) is 11.3. The van der Waals surface area contributed by atoms with Gasteiger partial charge in [0.25, 0.3) is 0 Å². The van der Waals surface area contributed by atoms with Gasteiger partial charge >= 0.3 is 0 Å². The Labute approximate surface area is 96.3 Å². The van der Waals surface area contributed by atoms with Gasteiger partial charge in [-0.15, -0.1) is 0 Å². The molecule has 1 saturated carbocycles. The molecule has 92 valence electrons. The topological polar surface area (TPSA) is 20.2 Å². The van der Waals surface area contributed by atoms with Crippen LogP contribution in [-0.4, -0.2) is 11.2 Å². The second kappa shape index (κ2) is 8.15. The smallest absolute Gasteiger partial charge is 0.0514 e. The van der Waals surface area contributed by atoms with Crippen LogP contribution in [0.15, 0.2) is 0 Å². The molecule has 0 aliphatic heterocycles. The minimum absolute atomic E-state index is 0.125. The fraction of sp³-hybridized carbons (Fsp3) is 1.00. The summed E-state index contributed by atoms with van der Waals surface area (Å²) in [5.41, 5.74) is 0. The Balaban J connectivity index is 0.000000265. The standard InChI is InChI=1S/C8H16.C6H14O/c1-7(2)8-5-3-4-6-8;1-5(2)4-6(3)7/h7-8H,3-6H2,1-2H3;5-7H,4H2,1-3H3/t;6-/m.0/s1. The molecule has 1 aliphatic rings. The van der Waals surface area contributed by atoms with Gasteiger partial charge in [-0.25, -0.2) is 0 Å². The van der Waals surface area contributed by atoms with Gasteiger partial charge in [-0.3, -0.25) is 0 Å². The first-order valence-electron chi connectivity index (χ1n) is 6.61. The molecule has 0 spiro atoms. The second-order valence-corrected chi connectivity index (χ2v) is 5.77. The highest BCUT2D eigenvalue weighted by atomic mass is 16.3. The summed E-state index contributed by atoms with van der Waals surface area (Å²) in [6, 6.07) is 0. The van der Waals surface area contributed by atoms with E-state index in [0.29, 0.717) is 5.92 Å². The number of hydrogen-bond acceptors (Lipinski definition) is 1. The second-order valence-electron chi connectivity index (χ2n) is 5.77. The predicted molar refractivity (Wildman–Crippen MR) is 67.9 cm³/mol. The molecule has 0 aromatic rings. The van der Waals surface area contributed by atoms with Gasteiger partial charge in [0.2, 0.25) is 0 Å². The Morgan fingerprint density at radius 1 is 1.00 bits per heavy atom. The molecule has 1 nitrogen and oxygen atoms in total. The van der Waals surface area contributed by atoms with Crippen molar-refractivity contribution in [3.8, 4) is 0 Å². The van der Waals surface area contributed by atoms with Crippen LogP contribution in [0.3, 0.4) is 0 Å². The molecule has 0 unspecified atom stereocenters. The molecule has 0 amide bonds. The highest BCUT2D eigenvalue weighted by Gasteiger charge is 2.17. The molecular weight excluding hydrogens is 184 g/mol. The van der Waals surface area contributed by atoms with Gasteiger partial charge in [-0.1, -0.05) is 53.4 Å². The van der Waals surface area contributed by atoms with E-state index in [0.717, 1.165) is 18.3 Å². The largest absolute Gasteiger partial charge is 0.393 e. The van der Waals surface area contributed by atoms with Crippen LogP contribution in [0.25, 0.3) is 0 Å². The number of rotatable bonds is 3. The first kappa shape index (κ1) is 15.0. The molecule has 1 heteroatoms. The fourth-order valence-electron chi connectivity index (χ4n) is 2.31. The van der Waals surface area contributed by atoms with Crippen LogP contribution < -0.4 is 0 Å². The van der Waals surface area contributed by atoms with E-state index < -0.39 is 0 Å². The van der Waals surface area contributed by atoms with Crippen molar-refractivity contribution >= 4 is 0 Å². The molecule has 1 atom stereocenters. The first-order valence-corrected chi connectivity index (χ1v) is 6.61. The number of aliphatic hydroxyl groups excluding tert-OH is 1. The molecule has 1 rings (SSSR count). The summed E-state index contributed by atoms with van der Waals surface area (Å²) in [5, 5.41) is 8.72. The number of hydrogen-bond donors (Lipinski definition) is 1. The summed E-state index contributed by atoms with van der Waals surface area (Å²) < 4.78 is 0. The monoisotopic (exact) mass is 214 g/mol. The lowest BCUT2D eigenvalue weighted by atomic mass is 9.95. The van der Waals surface area contributed by atoms with Gasteiger partial charge in [0, 0.05) is 0 Å². The average Bonchev–Trinajstić information content (AvgIpc) is 2.52. The van der Waals surface area contributed by atoms with Crippen molar-refractivity contribution in [3.63, 3.8) is 0 Å². The van der Waals surface area contributed by atoms with E-state index in [1.54, 1.807) is 0 Å². The maximum atomic E-state index is 8.72. The maximum absolute atomic E-state index is 8.72. The van der Waals surface area contributed by atoms with E-state index >= 15 is 0 Å². The molecule has 0 aromatic carbocycles. The third-order valence-corrected chi connectivity index (χ3v) is 3.16. The van der Waals surface area contributed by atoms with Crippen LogP contribution >= 0.6 is 0 Å². The highest BCUT2D eigenvalue weighted by Crippen LogP contribution is 2.30. The molecule has 1 N–H and O–H groups in total. The molecule has 15 heavy (non-hydrogen) atoms. The molecule has 0 aromatic heterocycles. The van der Waals surface area contributed by atoms with Gasteiger partial charge < -0.3 is 5.11 Å². The zero-order chi connectivity index (χ0) is 11.8. The van der Waals surface area contributed by atoms with Crippen LogP contribution in [0.4, 0.5) is 0 Å². The van der Waals surface area contributed by atoms with Gasteiger partial charge in [0.1, 0.15) is 0 Å². The maximum Gasteiger partial charge on any atom is 0.0514 e. The minimum Gasteiger partial charge on any atom is -0.393 e. The van der Waals surface area contributed by atoms with E-state index in [2.05, 4.69) is 27.7 Å². The predicted octanol–water partition coefficient (Wildman–Crippen LogP) is 4.25. The molecule has 1 aliphatic carbocycles. The van der Waals surface area contributed by atoms with E-state index in [1.807, 2.05) is 6.92 Å². The summed E-state index contributed by atoms with van der Waals surface area (Å²) in [7, 11) is 0.